The van der Waals surface area contributed by atoms with Crippen molar-refractivity contribution in [1.82, 2.24) is 0 Å². The lowest BCUT2D eigenvalue weighted by Crippen LogP contribution is -2.20. The molecule has 0 aromatic heterocycles. The van der Waals surface area contributed by atoms with Gasteiger partial charge in [0.15, 0.2) is 12.4 Å². The molecule has 7 heteroatoms. The molecule has 2 rings (SSSR count). The highest BCUT2D eigenvalue weighted by Crippen LogP contribution is 2.33. The Balaban J connectivity index is 2.03. The van der Waals surface area contributed by atoms with E-state index in [4.69, 9.17) is 39.5 Å². The Bertz CT molecular complexity index is 739. The van der Waals surface area contributed by atoms with Crippen LogP contribution in [0.4, 0.5) is 5.69 Å². The van der Waals surface area contributed by atoms with Gasteiger partial charge in [-0.25, -0.2) is 0 Å². The Hall–Kier alpha value is -1.75. The summed E-state index contributed by atoms with van der Waals surface area (Å²) in [6, 6.07) is 7.95. The van der Waals surface area contributed by atoms with Gasteiger partial charge < -0.3 is 10.1 Å². The molecule has 2 aromatic carbocycles. The van der Waals surface area contributed by atoms with E-state index in [1.54, 1.807) is 18.2 Å². The molecule has 0 atom stereocenters. The van der Waals surface area contributed by atoms with E-state index in [1.807, 2.05) is 6.92 Å². The van der Waals surface area contributed by atoms with Crippen LogP contribution in [0, 0.1) is 6.92 Å². The number of aldehydes is 1. The number of hydrogen-bond acceptors (Lipinski definition) is 3. The van der Waals surface area contributed by atoms with Gasteiger partial charge in [-0.3, -0.25) is 9.59 Å². The molecule has 0 saturated carbocycles. The lowest BCUT2D eigenvalue weighted by Gasteiger charge is -2.12. The Labute approximate surface area is 148 Å². The molecule has 0 unspecified atom stereocenters. The molecule has 1 amide bonds. The third kappa shape index (κ3) is 4.61. The number of carbonyl (C=O) groups excluding carboxylic acids is 2. The smallest absolute Gasteiger partial charge is 0.262 e. The van der Waals surface area contributed by atoms with E-state index in [0.717, 1.165) is 5.56 Å². The van der Waals surface area contributed by atoms with Crippen molar-refractivity contribution in [2.24, 2.45) is 0 Å². The lowest BCUT2D eigenvalue weighted by atomic mass is 10.2. The normalized spacial score (nSPS) is 10.3. The Kier molecular flexibility index (Phi) is 5.88. The van der Waals surface area contributed by atoms with Crippen LogP contribution in [0.2, 0.25) is 15.1 Å². The highest BCUT2D eigenvalue weighted by Gasteiger charge is 2.12. The number of halogens is 3. The molecule has 0 fully saturated rings. The lowest BCUT2D eigenvalue weighted by molar-refractivity contribution is -0.118. The highest BCUT2D eigenvalue weighted by atomic mass is 35.5. The minimum Gasteiger partial charge on any atom is -0.481 e. The molecule has 23 heavy (non-hydrogen) atoms. The second-order valence-electron chi connectivity index (χ2n) is 4.73. The maximum absolute atomic E-state index is 12.0. The van der Waals surface area contributed by atoms with E-state index in [2.05, 4.69) is 5.32 Å². The first-order valence-corrected chi connectivity index (χ1v) is 7.67. The molecule has 0 aliphatic heterocycles. The number of carbonyl (C=O) groups is 2. The zero-order valence-corrected chi connectivity index (χ0v) is 14.3. The van der Waals surface area contributed by atoms with Crippen LogP contribution in [-0.2, 0) is 4.79 Å². The third-order valence-corrected chi connectivity index (χ3v) is 3.76. The number of hydrogen-bond donors (Lipinski definition) is 1. The van der Waals surface area contributed by atoms with E-state index < -0.39 is 0 Å². The molecule has 0 aliphatic rings. The van der Waals surface area contributed by atoms with Crippen LogP contribution in [0.15, 0.2) is 30.3 Å². The van der Waals surface area contributed by atoms with Crippen LogP contribution in [0.3, 0.4) is 0 Å². The number of ether oxygens (including phenoxy) is 1. The molecular formula is C16H12Cl3NO3. The molecule has 0 saturated heterocycles. The summed E-state index contributed by atoms with van der Waals surface area (Å²) in [6.45, 7) is 1.55. The number of nitrogens with one attached hydrogen (secondary N) is 1. The van der Waals surface area contributed by atoms with E-state index in [9.17, 15) is 9.59 Å². The number of rotatable bonds is 5. The van der Waals surface area contributed by atoms with Gasteiger partial charge in [0.25, 0.3) is 5.91 Å². The Morgan fingerprint density at radius 2 is 1.83 bits per heavy atom. The molecule has 0 radical (unpaired) electrons. The largest absolute Gasteiger partial charge is 0.481 e. The summed E-state index contributed by atoms with van der Waals surface area (Å²) in [5.41, 5.74) is 1.79. The van der Waals surface area contributed by atoms with Crippen LogP contribution in [-0.4, -0.2) is 18.8 Å². The van der Waals surface area contributed by atoms with Crippen molar-refractivity contribution < 1.29 is 14.3 Å². The van der Waals surface area contributed by atoms with Gasteiger partial charge >= 0.3 is 0 Å². The van der Waals surface area contributed by atoms with Crippen LogP contribution in [0.1, 0.15) is 15.9 Å². The zero-order chi connectivity index (χ0) is 17.0. The maximum Gasteiger partial charge on any atom is 0.262 e. The molecule has 1 N–H and O–H groups in total. The zero-order valence-electron chi connectivity index (χ0n) is 12.0. The van der Waals surface area contributed by atoms with Crippen molar-refractivity contribution in [2.75, 3.05) is 11.9 Å². The molecule has 0 bridgehead atoms. The van der Waals surface area contributed by atoms with E-state index in [-0.39, 0.29) is 28.3 Å². The molecule has 2 aromatic rings. The van der Waals surface area contributed by atoms with E-state index in [0.29, 0.717) is 22.6 Å². The summed E-state index contributed by atoms with van der Waals surface area (Å²) in [7, 11) is 0. The number of anilines is 1. The van der Waals surface area contributed by atoms with Crippen LogP contribution >= 0.6 is 34.8 Å². The van der Waals surface area contributed by atoms with Gasteiger partial charge in [-0.15, -0.1) is 0 Å². The summed E-state index contributed by atoms with van der Waals surface area (Å²) in [6.07, 6.45) is 0.623. The molecule has 4 nitrogen and oxygen atoms in total. The fourth-order valence-electron chi connectivity index (χ4n) is 1.88. The van der Waals surface area contributed by atoms with Crippen molar-refractivity contribution in [2.45, 2.75) is 6.92 Å². The number of benzene rings is 2. The minimum atomic E-state index is -0.373. The van der Waals surface area contributed by atoms with Crippen LogP contribution in [0.5, 0.6) is 5.75 Å². The van der Waals surface area contributed by atoms with Gasteiger partial charge in [0, 0.05) is 16.3 Å². The summed E-state index contributed by atoms with van der Waals surface area (Å²) in [5.74, 6) is -0.219. The van der Waals surface area contributed by atoms with Crippen molar-refractivity contribution in [1.29, 1.82) is 0 Å². The van der Waals surface area contributed by atoms with Gasteiger partial charge in [0.2, 0.25) is 0 Å². The summed E-state index contributed by atoms with van der Waals surface area (Å²) < 4.78 is 5.35. The standard InChI is InChI=1S/C16H12Cl3NO3/c1-9-4-11(17)2-3-14(9)20-15(22)8-23-16-12(18)5-10(7-21)6-13(16)19/h2-7H,8H2,1H3,(H,20,22). The van der Waals surface area contributed by atoms with Crippen molar-refractivity contribution in [3.05, 3.63) is 56.5 Å². The van der Waals surface area contributed by atoms with Gasteiger partial charge in [-0.1, -0.05) is 34.8 Å². The van der Waals surface area contributed by atoms with Crippen molar-refractivity contribution in [3.8, 4) is 5.75 Å². The number of aryl methyl sites for hydroxylation is 1. The maximum atomic E-state index is 12.0. The topological polar surface area (TPSA) is 55.4 Å². The second-order valence-corrected chi connectivity index (χ2v) is 5.98. The first kappa shape index (κ1) is 17.6. The average molecular weight is 373 g/mol. The third-order valence-electron chi connectivity index (χ3n) is 2.97. The first-order chi connectivity index (χ1) is 10.9. The first-order valence-electron chi connectivity index (χ1n) is 6.53. The average Bonchev–Trinajstić information content (AvgIpc) is 2.49. The Morgan fingerprint density at radius 3 is 2.39 bits per heavy atom. The van der Waals surface area contributed by atoms with Gasteiger partial charge in [0.1, 0.15) is 6.29 Å². The molecule has 0 heterocycles. The fraction of sp³-hybridized carbons (Fsp3) is 0.125. The summed E-state index contributed by atoms with van der Waals surface area (Å²) in [5, 5.41) is 3.62. The van der Waals surface area contributed by atoms with Crippen LogP contribution in [0.25, 0.3) is 0 Å². The monoisotopic (exact) mass is 371 g/mol. The van der Waals surface area contributed by atoms with Crippen molar-refractivity contribution in [3.63, 3.8) is 0 Å². The fourth-order valence-corrected chi connectivity index (χ4v) is 2.72. The quantitative estimate of drug-likeness (QED) is 0.768. The SMILES string of the molecule is Cc1cc(Cl)ccc1NC(=O)COc1c(Cl)cc(C=O)cc1Cl. The Morgan fingerprint density at radius 1 is 1.17 bits per heavy atom. The number of amides is 1. The van der Waals surface area contributed by atoms with Gasteiger partial charge in [-0.2, -0.15) is 0 Å². The summed E-state index contributed by atoms with van der Waals surface area (Å²) in [4.78, 5) is 22.7. The molecule has 0 aliphatic carbocycles. The molecular weight excluding hydrogens is 361 g/mol. The predicted molar refractivity (Wildman–Crippen MR) is 92.2 cm³/mol. The highest BCUT2D eigenvalue weighted by molar-refractivity contribution is 6.37. The molecule has 0 spiro atoms. The van der Waals surface area contributed by atoms with Crippen LogP contribution < -0.4 is 10.1 Å². The van der Waals surface area contributed by atoms with Gasteiger partial charge in [0.05, 0.1) is 10.0 Å². The minimum absolute atomic E-state index is 0.155. The second kappa shape index (κ2) is 7.68. The van der Waals surface area contributed by atoms with E-state index >= 15 is 0 Å². The predicted octanol–water partition coefficient (Wildman–Crippen LogP) is 4.79. The van der Waals surface area contributed by atoms with Crippen molar-refractivity contribution >= 4 is 52.7 Å². The van der Waals surface area contributed by atoms with E-state index in [1.165, 1.54) is 12.1 Å². The summed E-state index contributed by atoms with van der Waals surface area (Å²) >= 11 is 17.8. The molecule has 120 valence electrons. The van der Waals surface area contributed by atoms with Gasteiger partial charge in [-0.05, 0) is 42.8 Å².